The summed E-state index contributed by atoms with van der Waals surface area (Å²) in [5, 5.41) is 0. The number of nitrogens with zero attached hydrogens (tertiary/aromatic N) is 1. The molecular formula is C19H21NOS. The number of aryl methyl sites for hydroxylation is 2. The van der Waals surface area contributed by atoms with E-state index in [9.17, 15) is 0 Å². The van der Waals surface area contributed by atoms with E-state index in [4.69, 9.17) is 17.0 Å². The monoisotopic (exact) mass is 311 g/mol. The van der Waals surface area contributed by atoms with Crippen LogP contribution in [0.2, 0.25) is 0 Å². The van der Waals surface area contributed by atoms with Gasteiger partial charge in [-0.2, -0.15) is 0 Å². The number of ether oxygens (including phenoxy) is 1. The zero-order valence-electron chi connectivity index (χ0n) is 13.5. The first kappa shape index (κ1) is 15.3. The second-order valence-corrected chi connectivity index (χ2v) is 6.79. The molecule has 0 N–H and O–H groups in total. The molecule has 1 atom stereocenters. The summed E-state index contributed by atoms with van der Waals surface area (Å²) < 4.78 is 5.41. The maximum absolute atomic E-state index is 5.71. The van der Waals surface area contributed by atoms with Crippen molar-refractivity contribution in [1.29, 1.82) is 0 Å². The fourth-order valence-corrected chi connectivity index (χ4v) is 3.06. The summed E-state index contributed by atoms with van der Waals surface area (Å²) in [5.41, 5.74) is 6.90. The second kappa shape index (κ2) is 5.90. The smallest absolute Gasteiger partial charge is 0.123 e. The molecule has 0 saturated carbocycles. The Morgan fingerprint density at radius 3 is 2.32 bits per heavy atom. The lowest BCUT2D eigenvalue weighted by atomic mass is 9.95. The van der Waals surface area contributed by atoms with Crippen molar-refractivity contribution in [3.63, 3.8) is 0 Å². The summed E-state index contributed by atoms with van der Waals surface area (Å²) in [7, 11) is 0. The van der Waals surface area contributed by atoms with Crippen LogP contribution in [-0.2, 0) is 4.74 Å². The Balaban J connectivity index is 2.00. The maximum Gasteiger partial charge on any atom is 0.123 e. The minimum absolute atomic E-state index is 0.182. The molecule has 114 valence electrons. The van der Waals surface area contributed by atoms with Crippen molar-refractivity contribution in [3.05, 3.63) is 64.0 Å². The molecule has 1 aromatic heterocycles. The lowest BCUT2D eigenvalue weighted by Gasteiger charge is -2.13. The van der Waals surface area contributed by atoms with Crippen molar-refractivity contribution in [1.82, 2.24) is 4.98 Å². The van der Waals surface area contributed by atoms with E-state index in [0.717, 1.165) is 28.3 Å². The molecule has 1 fully saturated rings. The number of hydrogen-bond donors (Lipinski definition) is 0. The summed E-state index contributed by atoms with van der Waals surface area (Å²) in [5.74, 6) is 0.411. The summed E-state index contributed by atoms with van der Waals surface area (Å²) >= 11 is 5.71. The van der Waals surface area contributed by atoms with Crippen LogP contribution in [0.4, 0.5) is 0 Å². The number of thiocarbonyl (C=S) groups is 1. The van der Waals surface area contributed by atoms with Crippen LogP contribution in [-0.4, -0.2) is 16.5 Å². The average molecular weight is 311 g/mol. The Labute approximate surface area is 137 Å². The van der Waals surface area contributed by atoms with Gasteiger partial charge in [-0.1, -0.05) is 55.4 Å². The molecule has 1 aliphatic rings. The molecule has 22 heavy (non-hydrogen) atoms. The van der Waals surface area contributed by atoms with Gasteiger partial charge in [-0.05, 0) is 37.0 Å². The Morgan fingerprint density at radius 1 is 1.14 bits per heavy atom. The molecule has 0 amide bonds. The van der Waals surface area contributed by atoms with E-state index >= 15 is 0 Å². The van der Waals surface area contributed by atoms with E-state index in [1.807, 2.05) is 6.20 Å². The number of pyridine rings is 1. The SMILES string of the molecule is Cc1cc(C)cc(C(=S)c2cnc(C3CO3)c(C(C)C)c2)c1. The first-order chi connectivity index (χ1) is 10.5. The van der Waals surface area contributed by atoms with E-state index in [1.54, 1.807) is 0 Å². The van der Waals surface area contributed by atoms with Gasteiger partial charge in [0.15, 0.2) is 0 Å². The first-order valence-electron chi connectivity index (χ1n) is 7.70. The maximum atomic E-state index is 5.71. The highest BCUT2D eigenvalue weighted by molar-refractivity contribution is 7.81. The predicted molar refractivity (Wildman–Crippen MR) is 93.7 cm³/mol. The van der Waals surface area contributed by atoms with Gasteiger partial charge in [0.05, 0.1) is 17.2 Å². The topological polar surface area (TPSA) is 25.4 Å². The van der Waals surface area contributed by atoms with E-state index in [1.165, 1.54) is 16.7 Å². The molecule has 3 rings (SSSR count). The van der Waals surface area contributed by atoms with Crippen LogP contribution < -0.4 is 0 Å². The molecule has 1 aromatic carbocycles. The first-order valence-corrected chi connectivity index (χ1v) is 8.11. The van der Waals surface area contributed by atoms with Gasteiger partial charge in [-0.25, -0.2) is 0 Å². The Bertz CT molecular complexity index is 712. The van der Waals surface area contributed by atoms with Crippen LogP contribution in [0, 0.1) is 13.8 Å². The van der Waals surface area contributed by atoms with Crippen LogP contribution in [0.1, 0.15) is 59.4 Å². The van der Waals surface area contributed by atoms with Crippen LogP contribution in [0.3, 0.4) is 0 Å². The van der Waals surface area contributed by atoms with Gasteiger partial charge in [0.2, 0.25) is 0 Å². The van der Waals surface area contributed by atoms with E-state index < -0.39 is 0 Å². The molecular weight excluding hydrogens is 290 g/mol. The molecule has 0 spiro atoms. The van der Waals surface area contributed by atoms with Gasteiger partial charge < -0.3 is 4.74 Å². The summed E-state index contributed by atoms with van der Waals surface area (Å²) in [4.78, 5) is 5.51. The van der Waals surface area contributed by atoms with Gasteiger partial charge in [0.25, 0.3) is 0 Å². The fourth-order valence-electron chi connectivity index (χ4n) is 2.83. The van der Waals surface area contributed by atoms with Crippen LogP contribution in [0.5, 0.6) is 0 Å². The molecule has 2 nitrogen and oxygen atoms in total. The van der Waals surface area contributed by atoms with E-state index in [-0.39, 0.29) is 6.10 Å². The van der Waals surface area contributed by atoms with Gasteiger partial charge in [-0.3, -0.25) is 4.98 Å². The predicted octanol–water partition coefficient (Wildman–Crippen LogP) is 4.66. The van der Waals surface area contributed by atoms with Gasteiger partial charge in [0.1, 0.15) is 6.10 Å². The molecule has 0 bridgehead atoms. The van der Waals surface area contributed by atoms with Crippen LogP contribution >= 0.6 is 12.2 Å². The van der Waals surface area contributed by atoms with Crippen molar-refractivity contribution in [2.75, 3.05) is 6.61 Å². The third-order valence-electron chi connectivity index (χ3n) is 3.96. The highest BCUT2D eigenvalue weighted by Gasteiger charge is 2.30. The third-order valence-corrected chi connectivity index (χ3v) is 4.43. The molecule has 2 heterocycles. The largest absolute Gasteiger partial charge is 0.366 e. The van der Waals surface area contributed by atoms with E-state index in [0.29, 0.717) is 5.92 Å². The number of benzene rings is 1. The standard InChI is InChI=1S/C19H21NOS/c1-11(2)16-8-15(9-20-18(16)17-10-21-17)19(22)14-6-12(3)5-13(4)7-14/h5-9,11,17H,10H2,1-4H3. The molecule has 1 aliphatic heterocycles. The van der Waals surface area contributed by atoms with Crippen molar-refractivity contribution in [2.45, 2.75) is 39.7 Å². The summed E-state index contributed by atoms with van der Waals surface area (Å²) in [6, 6.07) is 8.64. The normalized spacial score (nSPS) is 16.9. The number of hydrogen-bond acceptors (Lipinski definition) is 3. The van der Waals surface area contributed by atoms with E-state index in [2.05, 4.69) is 56.9 Å². The van der Waals surface area contributed by atoms with Crippen molar-refractivity contribution in [3.8, 4) is 0 Å². The van der Waals surface area contributed by atoms with Crippen molar-refractivity contribution < 1.29 is 4.74 Å². The quantitative estimate of drug-likeness (QED) is 0.466. The molecule has 0 aliphatic carbocycles. The van der Waals surface area contributed by atoms with Gasteiger partial charge in [-0.15, -0.1) is 0 Å². The average Bonchev–Trinajstić information content (AvgIpc) is 3.29. The minimum atomic E-state index is 0.182. The number of aromatic nitrogens is 1. The molecule has 1 saturated heterocycles. The number of epoxide rings is 1. The molecule has 0 radical (unpaired) electrons. The third kappa shape index (κ3) is 3.11. The fraction of sp³-hybridized carbons (Fsp3) is 0.368. The van der Waals surface area contributed by atoms with Crippen LogP contribution in [0.25, 0.3) is 0 Å². The highest BCUT2D eigenvalue weighted by atomic mass is 32.1. The second-order valence-electron chi connectivity index (χ2n) is 6.38. The molecule has 1 unspecified atom stereocenters. The zero-order chi connectivity index (χ0) is 15.9. The minimum Gasteiger partial charge on any atom is -0.366 e. The van der Waals surface area contributed by atoms with Crippen molar-refractivity contribution >= 4 is 17.1 Å². The molecule has 3 heteroatoms. The highest BCUT2D eigenvalue weighted by Crippen LogP contribution is 2.34. The molecule has 2 aromatic rings. The summed E-state index contributed by atoms with van der Waals surface area (Å²) in [6.07, 6.45) is 2.07. The Hall–Kier alpha value is -1.58. The van der Waals surface area contributed by atoms with Gasteiger partial charge in [0, 0.05) is 11.8 Å². The van der Waals surface area contributed by atoms with Gasteiger partial charge >= 0.3 is 0 Å². The lowest BCUT2D eigenvalue weighted by Crippen LogP contribution is -2.06. The summed E-state index contributed by atoms with van der Waals surface area (Å²) in [6.45, 7) is 9.36. The Kier molecular flexibility index (Phi) is 4.11. The van der Waals surface area contributed by atoms with Crippen molar-refractivity contribution in [2.24, 2.45) is 0 Å². The number of rotatable bonds is 4. The Morgan fingerprint density at radius 2 is 1.77 bits per heavy atom. The zero-order valence-corrected chi connectivity index (χ0v) is 14.3. The van der Waals surface area contributed by atoms with Crippen LogP contribution in [0.15, 0.2) is 30.5 Å². The lowest BCUT2D eigenvalue weighted by molar-refractivity contribution is 0.409.